The number of halogens is 1. The highest BCUT2D eigenvalue weighted by atomic mass is 35.5. The highest BCUT2D eigenvalue weighted by molar-refractivity contribution is 6.30. The molecule has 1 fully saturated rings. The first-order valence-electron chi connectivity index (χ1n) is 8.69. The number of likely N-dealkylation sites (tertiary alicyclic amines) is 1. The summed E-state index contributed by atoms with van der Waals surface area (Å²) in [5.41, 5.74) is 0.517. The van der Waals surface area contributed by atoms with Crippen LogP contribution in [0.3, 0.4) is 0 Å². The lowest BCUT2D eigenvalue weighted by Crippen LogP contribution is -2.45. The molecule has 2 rings (SSSR count). The van der Waals surface area contributed by atoms with E-state index >= 15 is 0 Å². The molecule has 0 saturated carbocycles. The average molecular weight is 367 g/mol. The molecule has 1 atom stereocenters. The van der Waals surface area contributed by atoms with E-state index in [1.165, 1.54) is 0 Å². The van der Waals surface area contributed by atoms with Gasteiger partial charge in [-0.15, -0.1) is 0 Å². The van der Waals surface area contributed by atoms with E-state index in [-0.39, 0.29) is 24.0 Å². The summed E-state index contributed by atoms with van der Waals surface area (Å²) in [7, 11) is 0. The van der Waals surface area contributed by atoms with Crippen molar-refractivity contribution in [2.24, 2.45) is 5.92 Å². The number of rotatable bonds is 3. The molecule has 0 radical (unpaired) electrons. The van der Waals surface area contributed by atoms with E-state index in [0.29, 0.717) is 31.0 Å². The minimum atomic E-state index is -0.501. The van der Waals surface area contributed by atoms with Gasteiger partial charge in [0.05, 0.1) is 6.04 Å². The average Bonchev–Trinajstić information content (AvgIpc) is 2.54. The number of benzene rings is 1. The Labute approximate surface area is 154 Å². The van der Waals surface area contributed by atoms with E-state index in [4.69, 9.17) is 16.3 Å². The first-order chi connectivity index (χ1) is 11.7. The highest BCUT2D eigenvalue weighted by Gasteiger charge is 2.30. The molecule has 1 saturated heterocycles. The molecule has 1 aromatic carbocycles. The van der Waals surface area contributed by atoms with Gasteiger partial charge in [-0.25, -0.2) is 4.79 Å². The fraction of sp³-hybridized carbons (Fsp3) is 0.579. The van der Waals surface area contributed by atoms with Crippen LogP contribution in [-0.2, 0) is 9.53 Å². The number of nitrogens with zero attached hydrogens (tertiary/aromatic N) is 1. The van der Waals surface area contributed by atoms with Gasteiger partial charge in [0.2, 0.25) is 5.91 Å². The molecule has 1 heterocycles. The van der Waals surface area contributed by atoms with Crippen molar-refractivity contribution in [3.05, 3.63) is 34.9 Å². The molecule has 1 N–H and O–H groups in total. The summed E-state index contributed by atoms with van der Waals surface area (Å²) in [6, 6.07) is 7.39. The maximum absolute atomic E-state index is 12.5. The fourth-order valence-corrected chi connectivity index (χ4v) is 2.94. The van der Waals surface area contributed by atoms with E-state index in [1.54, 1.807) is 4.90 Å². The molecule has 1 aliphatic rings. The number of piperidine rings is 1. The number of carbonyl (C=O) groups excluding carboxylic acids is 2. The monoisotopic (exact) mass is 366 g/mol. The Balaban J connectivity index is 1.82. The van der Waals surface area contributed by atoms with Crippen LogP contribution < -0.4 is 5.32 Å². The van der Waals surface area contributed by atoms with Crippen LogP contribution in [0.5, 0.6) is 0 Å². The van der Waals surface area contributed by atoms with Crippen LogP contribution in [-0.4, -0.2) is 35.6 Å². The van der Waals surface area contributed by atoms with Gasteiger partial charge in [0.15, 0.2) is 0 Å². The van der Waals surface area contributed by atoms with Crippen LogP contribution in [0.4, 0.5) is 4.79 Å². The fourth-order valence-electron chi connectivity index (χ4n) is 2.82. The molecular weight excluding hydrogens is 340 g/mol. The minimum absolute atomic E-state index is 0.0336. The van der Waals surface area contributed by atoms with E-state index in [0.717, 1.165) is 5.56 Å². The first kappa shape index (κ1) is 19.6. The van der Waals surface area contributed by atoms with Crippen LogP contribution in [0, 0.1) is 5.92 Å². The number of ether oxygens (including phenoxy) is 1. The lowest BCUT2D eigenvalue weighted by Gasteiger charge is -2.33. The molecule has 0 aromatic heterocycles. The zero-order chi connectivity index (χ0) is 18.6. The Bertz CT molecular complexity index is 602. The highest BCUT2D eigenvalue weighted by Crippen LogP contribution is 2.22. The molecular formula is C19H27ClN2O3. The summed E-state index contributed by atoms with van der Waals surface area (Å²) in [4.78, 5) is 26.2. The molecule has 6 heteroatoms. The Morgan fingerprint density at radius 1 is 1.20 bits per heavy atom. The van der Waals surface area contributed by atoms with Crippen molar-refractivity contribution in [3.63, 3.8) is 0 Å². The smallest absolute Gasteiger partial charge is 0.410 e. The molecule has 2 amide bonds. The van der Waals surface area contributed by atoms with Gasteiger partial charge in [0.1, 0.15) is 5.60 Å². The molecule has 0 spiro atoms. The topological polar surface area (TPSA) is 58.6 Å². The number of nitrogens with one attached hydrogen (secondary N) is 1. The van der Waals surface area contributed by atoms with Crippen molar-refractivity contribution >= 4 is 23.6 Å². The summed E-state index contributed by atoms with van der Waals surface area (Å²) in [6.45, 7) is 8.59. The summed E-state index contributed by atoms with van der Waals surface area (Å²) >= 11 is 5.89. The van der Waals surface area contributed by atoms with E-state index < -0.39 is 5.60 Å². The van der Waals surface area contributed by atoms with Gasteiger partial charge in [0, 0.05) is 24.0 Å². The lowest BCUT2D eigenvalue weighted by atomic mass is 9.95. The second-order valence-corrected chi connectivity index (χ2v) is 7.96. The van der Waals surface area contributed by atoms with Crippen molar-refractivity contribution in [2.75, 3.05) is 13.1 Å². The zero-order valence-electron chi connectivity index (χ0n) is 15.3. The van der Waals surface area contributed by atoms with Crippen LogP contribution in [0.15, 0.2) is 24.3 Å². The van der Waals surface area contributed by atoms with Crippen molar-refractivity contribution in [2.45, 2.75) is 52.2 Å². The van der Waals surface area contributed by atoms with Crippen LogP contribution >= 0.6 is 11.6 Å². The lowest BCUT2D eigenvalue weighted by molar-refractivity contribution is -0.127. The number of hydrogen-bond donors (Lipinski definition) is 1. The predicted molar refractivity (Wildman–Crippen MR) is 98.5 cm³/mol. The van der Waals surface area contributed by atoms with Gasteiger partial charge in [-0.3, -0.25) is 4.79 Å². The van der Waals surface area contributed by atoms with Crippen LogP contribution in [0.25, 0.3) is 0 Å². The van der Waals surface area contributed by atoms with E-state index in [2.05, 4.69) is 5.32 Å². The van der Waals surface area contributed by atoms with Gasteiger partial charge in [-0.2, -0.15) is 0 Å². The SMILES string of the molecule is C[C@@H](NC(=O)C1CCN(C(=O)OC(C)(C)C)CC1)c1ccc(Cl)cc1. The molecule has 138 valence electrons. The first-order valence-corrected chi connectivity index (χ1v) is 9.07. The van der Waals surface area contributed by atoms with E-state index in [9.17, 15) is 9.59 Å². The normalized spacial score (nSPS) is 17.1. The van der Waals surface area contributed by atoms with Crippen LogP contribution in [0.2, 0.25) is 5.02 Å². The summed E-state index contributed by atoms with van der Waals surface area (Å²) in [5, 5.41) is 3.73. The second-order valence-electron chi connectivity index (χ2n) is 7.52. The van der Waals surface area contributed by atoms with Crippen molar-refractivity contribution in [3.8, 4) is 0 Å². The second kappa shape index (κ2) is 8.09. The third kappa shape index (κ3) is 5.92. The standard InChI is InChI=1S/C19H27ClN2O3/c1-13(14-5-7-16(20)8-6-14)21-17(23)15-9-11-22(12-10-15)18(24)25-19(2,3)4/h5-8,13,15H,9-12H2,1-4H3,(H,21,23)/t13-/m1/s1. The summed E-state index contributed by atoms with van der Waals surface area (Å²) in [5.74, 6) is -0.0419. The van der Waals surface area contributed by atoms with Gasteiger partial charge in [0.25, 0.3) is 0 Å². The summed E-state index contributed by atoms with van der Waals surface area (Å²) < 4.78 is 5.38. The Morgan fingerprint density at radius 3 is 2.28 bits per heavy atom. The van der Waals surface area contributed by atoms with Gasteiger partial charge in [-0.1, -0.05) is 23.7 Å². The largest absolute Gasteiger partial charge is 0.444 e. The number of amides is 2. The van der Waals surface area contributed by atoms with Gasteiger partial charge < -0.3 is 15.0 Å². The predicted octanol–water partition coefficient (Wildman–Crippen LogP) is 4.16. The molecule has 1 aliphatic heterocycles. The maximum Gasteiger partial charge on any atom is 0.410 e. The molecule has 5 nitrogen and oxygen atoms in total. The Morgan fingerprint density at radius 2 is 1.76 bits per heavy atom. The van der Waals surface area contributed by atoms with Crippen molar-refractivity contribution in [1.29, 1.82) is 0 Å². The molecule has 1 aromatic rings. The van der Waals surface area contributed by atoms with Gasteiger partial charge >= 0.3 is 6.09 Å². The third-order valence-corrected chi connectivity index (χ3v) is 4.50. The Hall–Kier alpha value is -1.75. The van der Waals surface area contributed by atoms with Gasteiger partial charge in [-0.05, 0) is 58.2 Å². The van der Waals surface area contributed by atoms with E-state index in [1.807, 2.05) is 52.0 Å². The maximum atomic E-state index is 12.5. The quantitative estimate of drug-likeness (QED) is 0.873. The summed E-state index contributed by atoms with van der Waals surface area (Å²) in [6.07, 6.45) is 0.998. The number of hydrogen-bond acceptors (Lipinski definition) is 3. The molecule has 0 aliphatic carbocycles. The Kier molecular flexibility index (Phi) is 6.33. The zero-order valence-corrected chi connectivity index (χ0v) is 16.1. The van der Waals surface area contributed by atoms with Crippen molar-refractivity contribution in [1.82, 2.24) is 10.2 Å². The number of carbonyl (C=O) groups is 2. The molecule has 25 heavy (non-hydrogen) atoms. The molecule has 0 bridgehead atoms. The molecule has 0 unspecified atom stereocenters. The van der Waals surface area contributed by atoms with Crippen molar-refractivity contribution < 1.29 is 14.3 Å². The minimum Gasteiger partial charge on any atom is -0.444 e. The third-order valence-electron chi connectivity index (χ3n) is 4.25. The van der Waals surface area contributed by atoms with Crippen LogP contribution in [0.1, 0.15) is 52.1 Å².